The number of ketones is 1. The minimum Gasteiger partial charge on any atom is -0.496 e. The molecule has 1 aromatic heterocycles. The van der Waals surface area contributed by atoms with E-state index in [-0.39, 0.29) is 5.78 Å². The number of methoxy groups -OCH3 is 1. The summed E-state index contributed by atoms with van der Waals surface area (Å²) >= 11 is 0. The van der Waals surface area contributed by atoms with Crippen LogP contribution in [0.2, 0.25) is 0 Å². The molecule has 0 unspecified atom stereocenters. The van der Waals surface area contributed by atoms with E-state index in [2.05, 4.69) is 5.10 Å². The zero-order valence-corrected chi connectivity index (χ0v) is 13.1. The van der Waals surface area contributed by atoms with Gasteiger partial charge in [0.05, 0.1) is 25.5 Å². The van der Waals surface area contributed by atoms with Gasteiger partial charge in [0.1, 0.15) is 5.75 Å². The number of aryl methyl sites for hydroxylation is 1. The second kappa shape index (κ2) is 7.56. The monoisotopic (exact) mass is 300 g/mol. The van der Waals surface area contributed by atoms with Gasteiger partial charge in [-0.2, -0.15) is 5.10 Å². The second-order valence-corrected chi connectivity index (χ2v) is 4.81. The third-order valence-corrected chi connectivity index (χ3v) is 3.18. The summed E-state index contributed by atoms with van der Waals surface area (Å²) in [7, 11) is 3.41. The van der Waals surface area contributed by atoms with Crippen molar-refractivity contribution in [2.75, 3.05) is 13.7 Å². The van der Waals surface area contributed by atoms with Crippen molar-refractivity contribution < 1.29 is 14.3 Å². The van der Waals surface area contributed by atoms with Crippen molar-refractivity contribution >= 4 is 11.9 Å². The molecule has 0 amide bonds. The number of aromatic nitrogens is 2. The summed E-state index contributed by atoms with van der Waals surface area (Å²) in [5.41, 5.74) is 2.45. The van der Waals surface area contributed by atoms with Crippen molar-refractivity contribution in [1.29, 1.82) is 0 Å². The predicted octanol–water partition coefficient (Wildman–Crippen LogP) is 2.86. The number of nitrogens with zero attached hydrogens (tertiary/aromatic N) is 2. The van der Waals surface area contributed by atoms with Gasteiger partial charge in [-0.1, -0.05) is 12.1 Å². The second-order valence-electron chi connectivity index (χ2n) is 4.81. The summed E-state index contributed by atoms with van der Waals surface area (Å²) in [6, 6.07) is 5.74. The maximum Gasteiger partial charge on any atom is 0.189 e. The molecule has 5 nitrogen and oxygen atoms in total. The molecule has 0 saturated carbocycles. The number of carbonyl (C=O) groups excluding carboxylic acids is 1. The number of hydrogen-bond acceptors (Lipinski definition) is 4. The lowest BCUT2D eigenvalue weighted by Gasteiger charge is -2.09. The average molecular weight is 300 g/mol. The number of carbonyl (C=O) groups is 1. The summed E-state index contributed by atoms with van der Waals surface area (Å²) in [6.07, 6.45) is 6.58. The standard InChI is InChI=1S/C17H20N2O3/c1-4-22-12-14-9-13(6-8-17(14)21-3)5-7-16(20)15-10-18-19(2)11-15/h5-11H,4,12H2,1-3H3/b7-5+. The first-order valence-corrected chi connectivity index (χ1v) is 7.09. The molecule has 0 fully saturated rings. The van der Waals surface area contributed by atoms with Crippen LogP contribution in [0.4, 0.5) is 0 Å². The van der Waals surface area contributed by atoms with Crippen LogP contribution in [0.1, 0.15) is 28.4 Å². The van der Waals surface area contributed by atoms with Crippen LogP contribution >= 0.6 is 0 Å². The van der Waals surface area contributed by atoms with E-state index in [1.807, 2.05) is 25.1 Å². The van der Waals surface area contributed by atoms with Gasteiger partial charge in [0.2, 0.25) is 0 Å². The summed E-state index contributed by atoms with van der Waals surface area (Å²) in [4.78, 5) is 12.0. The molecule has 0 bridgehead atoms. The van der Waals surface area contributed by atoms with Gasteiger partial charge in [-0.15, -0.1) is 0 Å². The van der Waals surface area contributed by atoms with Crippen LogP contribution in [0.25, 0.3) is 6.08 Å². The van der Waals surface area contributed by atoms with Crippen LogP contribution in [0, 0.1) is 0 Å². The van der Waals surface area contributed by atoms with Gasteiger partial charge < -0.3 is 9.47 Å². The molecule has 0 aliphatic carbocycles. The van der Waals surface area contributed by atoms with E-state index in [0.717, 1.165) is 16.9 Å². The lowest BCUT2D eigenvalue weighted by molar-refractivity contribution is 0.104. The third kappa shape index (κ3) is 4.05. The van der Waals surface area contributed by atoms with Crippen molar-refractivity contribution in [1.82, 2.24) is 9.78 Å². The largest absolute Gasteiger partial charge is 0.496 e. The first-order chi connectivity index (χ1) is 10.6. The van der Waals surface area contributed by atoms with Crippen molar-refractivity contribution in [3.05, 3.63) is 53.4 Å². The van der Waals surface area contributed by atoms with Gasteiger partial charge in [0.15, 0.2) is 5.78 Å². The molecule has 0 aliphatic heterocycles. The molecule has 116 valence electrons. The maximum absolute atomic E-state index is 12.0. The van der Waals surface area contributed by atoms with Gasteiger partial charge in [0, 0.05) is 25.4 Å². The molecule has 1 heterocycles. The smallest absolute Gasteiger partial charge is 0.189 e. The van der Waals surface area contributed by atoms with Crippen LogP contribution in [0.3, 0.4) is 0 Å². The molecule has 0 spiro atoms. The van der Waals surface area contributed by atoms with Gasteiger partial charge in [-0.05, 0) is 30.7 Å². The molecular formula is C17H20N2O3. The minimum absolute atomic E-state index is 0.0738. The highest BCUT2D eigenvalue weighted by Crippen LogP contribution is 2.21. The molecule has 1 aromatic carbocycles. The minimum atomic E-state index is -0.0738. The Morgan fingerprint density at radius 3 is 2.86 bits per heavy atom. The summed E-state index contributed by atoms with van der Waals surface area (Å²) in [6.45, 7) is 3.07. The Kier molecular flexibility index (Phi) is 5.49. The number of hydrogen-bond donors (Lipinski definition) is 0. The molecule has 0 saturated heterocycles. The Hall–Kier alpha value is -2.40. The van der Waals surface area contributed by atoms with Crippen LogP contribution in [-0.2, 0) is 18.4 Å². The van der Waals surface area contributed by atoms with E-state index in [0.29, 0.717) is 18.8 Å². The molecule has 2 rings (SSSR count). The van der Waals surface area contributed by atoms with E-state index >= 15 is 0 Å². The van der Waals surface area contributed by atoms with Gasteiger partial charge >= 0.3 is 0 Å². The highest BCUT2D eigenvalue weighted by atomic mass is 16.5. The van der Waals surface area contributed by atoms with Crippen molar-refractivity contribution in [2.45, 2.75) is 13.5 Å². The Labute approximate surface area is 130 Å². The lowest BCUT2D eigenvalue weighted by atomic mass is 10.1. The Balaban J connectivity index is 2.14. The maximum atomic E-state index is 12.0. The normalized spacial score (nSPS) is 11.0. The predicted molar refractivity (Wildman–Crippen MR) is 84.9 cm³/mol. The number of ether oxygens (including phenoxy) is 2. The van der Waals surface area contributed by atoms with Gasteiger partial charge in [0.25, 0.3) is 0 Å². The molecule has 5 heteroatoms. The first kappa shape index (κ1) is 16.0. The highest BCUT2D eigenvalue weighted by molar-refractivity contribution is 6.06. The van der Waals surface area contributed by atoms with Crippen LogP contribution in [0.15, 0.2) is 36.7 Å². The Morgan fingerprint density at radius 1 is 1.41 bits per heavy atom. The first-order valence-electron chi connectivity index (χ1n) is 7.09. The zero-order chi connectivity index (χ0) is 15.9. The van der Waals surface area contributed by atoms with E-state index in [1.165, 1.54) is 0 Å². The van der Waals surface area contributed by atoms with E-state index in [1.54, 1.807) is 43.4 Å². The van der Waals surface area contributed by atoms with E-state index < -0.39 is 0 Å². The zero-order valence-electron chi connectivity index (χ0n) is 13.1. The quantitative estimate of drug-likeness (QED) is 0.583. The van der Waals surface area contributed by atoms with Crippen molar-refractivity contribution in [2.24, 2.45) is 7.05 Å². The average Bonchev–Trinajstić information content (AvgIpc) is 2.97. The molecule has 0 aliphatic rings. The summed E-state index contributed by atoms with van der Waals surface area (Å²) in [5.74, 6) is 0.708. The topological polar surface area (TPSA) is 53.3 Å². The third-order valence-electron chi connectivity index (χ3n) is 3.18. The number of benzene rings is 1. The Morgan fingerprint density at radius 2 is 2.23 bits per heavy atom. The SMILES string of the molecule is CCOCc1cc(/C=C/C(=O)c2cnn(C)c2)ccc1OC. The van der Waals surface area contributed by atoms with Crippen molar-refractivity contribution in [3.8, 4) is 5.75 Å². The molecule has 2 aromatic rings. The fraction of sp³-hybridized carbons (Fsp3) is 0.294. The van der Waals surface area contributed by atoms with E-state index in [4.69, 9.17) is 9.47 Å². The molecule has 0 N–H and O–H groups in total. The van der Waals surface area contributed by atoms with Gasteiger partial charge in [-0.3, -0.25) is 9.48 Å². The highest BCUT2D eigenvalue weighted by Gasteiger charge is 2.06. The summed E-state index contributed by atoms with van der Waals surface area (Å²) in [5, 5.41) is 3.99. The molecule has 0 radical (unpaired) electrons. The van der Waals surface area contributed by atoms with E-state index in [9.17, 15) is 4.79 Å². The van der Waals surface area contributed by atoms with Crippen molar-refractivity contribution in [3.63, 3.8) is 0 Å². The van der Waals surface area contributed by atoms with Crippen LogP contribution in [-0.4, -0.2) is 29.3 Å². The fourth-order valence-corrected chi connectivity index (χ4v) is 2.04. The Bertz CT molecular complexity index is 674. The molecule has 0 atom stereocenters. The van der Waals surface area contributed by atoms with Crippen LogP contribution in [0.5, 0.6) is 5.75 Å². The number of rotatable bonds is 7. The lowest BCUT2D eigenvalue weighted by Crippen LogP contribution is -1.97. The molecular weight excluding hydrogens is 280 g/mol. The fourth-order valence-electron chi connectivity index (χ4n) is 2.04. The summed E-state index contributed by atoms with van der Waals surface area (Å²) < 4.78 is 12.4. The van der Waals surface area contributed by atoms with Gasteiger partial charge in [-0.25, -0.2) is 0 Å². The molecule has 22 heavy (non-hydrogen) atoms. The number of allylic oxidation sites excluding steroid dienone is 1. The van der Waals surface area contributed by atoms with Crippen LogP contribution < -0.4 is 4.74 Å².